The SMILES string of the molecule is Cc1cc(CCC(=O)c2sc(C)c3c2C[C@@H]2[C@H]3C2(C)C)ccc1OCC(O)CNCCC(=O)O. The largest absolute Gasteiger partial charge is 0.491 e. The molecule has 0 spiro atoms. The molecule has 6 nitrogen and oxygen atoms in total. The molecule has 1 aromatic heterocycles. The first-order valence-electron chi connectivity index (χ1n) is 12.1. The number of carbonyl (C=O) groups is 2. The number of aliphatic hydroxyl groups excluding tert-OH is 1. The number of aliphatic carboxylic acids is 1. The Morgan fingerprint density at radius 1 is 1.26 bits per heavy atom. The van der Waals surface area contributed by atoms with Crippen molar-refractivity contribution in [3.05, 3.63) is 50.2 Å². The smallest absolute Gasteiger partial charge is 0.304 e. The fourth-order valence-electron chi connectivity index (χ4n) is 5.47. The lowest BCUT2D eigenvalue weighted by Gasteiger charge is -2.15. The normalized spacial score (nSPS) is 20.5. The highest BCUT2D eigenvalue weighted by Crippen LogP contribution is 2.71. The molecular weight excluding hydrogens is 450 g/mol. The van der Waals surface area contributed by atoms with E-state index in [4.69, 9.17) is 9.84 Å². The molecule has 1 aromatic carbocycles. The second kappa shape index (κ2) is 9.80. The Morgan fingerprint density at radius 2 is 2.03 bits per heavy atom. The Bertz CT molecular complexity index is 1090. The number of benzene rings is 1. The minimum atomic E-state index is -0.870. The monoisotopic (exact) mass is 485 g/mol. The van der Waals surface area contributed by atoms with Crippen LogP contribution in [0.15, 0.2) is 18.2 Å². The van der Waals surface area contributed by atoms with E-state index in [-0.39, 0.29) is 25.4 Å². The molecular formula is C27H35NO5S. The summed E-state index contributed by atoms with van der Waals surface area (Å²) in [7, 11) is 0. The molecule has 1 heterocycles. The minimum absolute atomic E-state index is 0.0183. The number of ether oxygens (including phenoxy) is 1. The Balaban J connectivity index is 1.27. The number of Topliss-reactive ketones (excluding diaryl/α,β-unsaturated/α-hetero) is 1. The lowest BCUT2D eigenvalue weighted by molar-refractivity contribution is -0.136. The van der Waals surface area contributed by atoms with Gasteiger partial charge >= 0.3 is 5.97 Å². The first-order valence-corrected chi connectivity index (χ1v) is 12.9. The van der Waals surface area contributed by atoms with E-state index in [0.717, 1.165) is 22.4 Å². The summed E-state index contributed by atoms with van der Waals surface area (Å²) in [6.45, 7) is 9.53. The van der Waals surface area contributed by atoms with Gasteiger partial charge in [0.25, 0.3) is 0 Å². The van der Waals surface area contributed by atoms with Gasteiger partial charge < -0.3 is 20.3 Å². The van der Waals surface area contributed by atoms with Gasteiger partial charge in [-0.25, -0.2) is 0 Å². The molecule has 0 bridgehead atoms. The van der Waals surface area contributed by atoms with Gasteiger partial charge in [-0.3, -0.25) is 9.59 Å². The zero-order valence-electron chi connectivity index (χ0n) is 20.4. The predicted molar refractivity (Wildman–Crippen MR) is 133 cm³/mol. The molecule has 34 heavy (non-hydrogen) atoms. The van der Waals surface area contributed by atoms with Gasteiger partial charge in [0.2, 0.25) is 0 Å². The quantitative estimate of drug-likeness (QED) is 0.307. The number of thiophene rings is 1. The van der Waals surface area contributed by atoms with Gasteiger partial charge in [-0.1, -0.05) is 26.0 Å². The number of hydrogen-bond acceptors (Lipinski definition) is 6. The Kier molecular flexibility index (Phi) is 7.17. The summed E-state index contributed by atoms with van der Waals surface area (Å²) in [4.78, 5) is 25.9. The number of nitrogens with one attached hydrogen (secondary N) is 1. The van der Waals surface area contributed by atoms with Crippen molar-refractivity contribution in [2.75, 3.05) is 19.7 Å². The molecule has 184 valence electrons. The molecule has 3 atom stereocenters. The van der Waals surface area contributed by atoms with Gasteiger partial charge in [0, 0.05) is 24.4 Å². The molecule has 4 rings (SSSR count). The van der Waals surface area contributed by atoms with Crippen LogP contribution in [-0.4, -0.2) is 47.8 Å². The van der Waals surface area contributed by atoms with Crippen LogP contribution in [0.4, 0.5) is 0 Å². The molecule has 1 saturated carbocycles. The third-order valence-electron chi connectivity index (χ3n) is 7.48. The average Bonchev–Trinajstić information content (AvgIpc) is 3.10. The summed E-state index contributed by atoms with van der Waals surface area (Å²) in [5, 5.41) is 21.6. The highest BCUT2D eigenvalue weighted by atomic mass is 32.1. The van der Waals surface area contributed by atoms with E-state index in [1.807, 2.05) is 25.1 Å². The topological polar surface area (TPSA) is 95.9 Å². The maximum absolute atomic E-state index is 13.1. The van der Waals surface area contributed by atoms with Crippen LogP contribution >= 0.6 is 11.3 Å². The number of rotatable bonds is 12. The number of ketones is 1. The number of aliphatic hydroxyl groups is 1. The zero-order chi connectivity index (χ0) is 24.6. The molecule has 1 fully saturated rings. The number of aryl methyl sites for hydroxylation is 3. The standard InChI is InChI=1S/C27H35NO5S/c1-15-11-17(6-8-22(15)33-14-18(29)13-28-10-9-23(31)32)5-7-21(30)26-19-12-20-25(27(20,3)4)24(19)16(2)34-26/h6,8,11,18,20,25,28-29H,5,7,9-10,12-14H2,1-4H3,(H,31,32)/t18?,20-,25-/m1/s1. The van der Waals surface area contributed by atoms with E-state index in [0.29, 0.717) is 42.4 Å². The van der Waals surface area contributed by atoms with E-state index in [1.165, 1.54) is 16.0 Å². The number of hydrogen-bond donors (Lipinski definition) is 3. The third kappa shape index (κ3) is 5.07. The van der Waals surface area contributed by atoms with Crippen LogP contribution in [0.25, 0.3) is 0 Å². The summed E-state index contributed by atoms with van der Waals surface area (Å²) in [5.41, 5.74) is 5.26. The van der Waals surface area contributed by atoms with Crippen molar-refractivity contribution >= 4 is 23.1 Å². The summed E-state index contributed by atoms with van der Waals surface area (Å²) in [5.74, 6) is 1.45. The lowest BCUT2D eigenvalue weighted by Crippen LogP contribution is -2.32. The molecule has 2 aliphatic carbocycles. The predicted octanol–water partition coefficient (Wildman–Crippen LogP) is 4.28. The number of carboxylic acid groups (broad SMARTS) is 1. The maximum Gasteiger partial charge on any atom is 0.304 e. The van der Waals surface area contributed by atoms with E-state index in [1.54, 1.807) is 11.3 Å². The lowest BCUT2D eigenvalue weighted by atomic mass is 9.94. The van der Waals surface area contributed by atoms with Gasteiger partial charge in [-0.05, 0) is 72.3 Å². The molecule has 0 saturated heterocycles. The van der Waals surface area contributed by atoms with E-state index in [2.05, 4.69) is 26.1 Å². The minimum Gasteiger partial charge on any atom is -0.491 e. The highest BCUT2D eigenvalue weighted by molar-refractivity contribution is 7.14. The number of carbonyl (C=O) groups excluding carboxylic acids is 1. The third-order valence-corrected chi connectivity index (χ3v) is 8.68. The van der Waals surface area contributed by atoms with Crippen molar-refractivity contribution in [3.63, 3.8) is 0 Å². The van der Waals surface area contributed by atoms with Crippen molar-refractivity contribution in [1.29, 1.82) is 0 Å². The van der Waals surface area contributed by atoms with Gasteiger partial charge in [0.15, 0.2) is 5.78 Å². The molecule has 2 aromatic rings. The van der Waals surface area contributed by atoms with Crippen LogP contribution < -0.4 is 10.1 Å². The fraction of sp³-hybridized carbons (Fsp3) is 0.556. The Labute approximate surface area is 205 Å². The highest BCUT2D eigenvalue weighted by Gasteiger charge is 2.63. The first-order chi connectivity index (χ1) is 16.1. The summed E-state index contributed by atoms with van der Waals surface area (Å²) in [6, 6.07) is 5.92. The molecule has 0 aliphatic heterocycles. The van der Waals surface area contributed by atoms with Crippen LogP contribution in [0.2, 0.25) is 0 Å². The van der Waals surface area contributed by atoms with Crippen molar-refractivity contribution in [1.82, 2.24) is 5.32 Å². The van der Waals surface area contributed by atoms with Crippen molar-refractivity contribution in [3.8, 4) is 5.75 Å². The average molecular weight is 486 g/mol. The summed E-state index contributed by atoms with van der Waals surface area (Å²) < 4.78 is 5.74. The van der Waals surface area contributed by atoms with Crippen LogP contribution in [0.3, 0.4) is 0 Å². The molecule has 0 radical (unpaired) electrons. The number of fused-ring (bicyclic) bond motifs is 3. The van der Waals surface area contributed by atoms with Gasteiger partial charge in [-0.2, -0.15) is 0 Å². The maximum atomic E-state index is 13.1. The van der Waals surface area contributed by atoms with E-state index < -0.39 is 12.1 Å². The first kappa shape index (κ1) is 24.9. The molecule has 0 amide bonds. The molecule has 3 N–H and O–H groups in total. The zero-order valence-corrected chi connectivity index (χ0v) is 21.3. The van der Waals surface area contributed by atoms with Crippen LogP contribution in [0.1, 0.15) is 69.4 Å². The van der Waals surface area contributed by atoms with Crippen LogP contribution in [-0.2, 0) is 17.6 Å². The Morgan fingerprint density at radius 3 is 2.74 bits per heavy atom. The summed E-state index contributed by atoms with van der Waals surface area (Å²) >= 11 is 1.69. The van der Waals surface area contributed by atoms with Crippen molar-refractivity contribution < 1.29 is 24.5 Å². The molecule has 1 unspecified atom stereocenters. The Hall–Kier alpha value is -2.22. The van der Waals surface area contributed by atoms with E-state index in [9.17, 15) is 14.7 Å². The van der Waals surface area contributed by atoms with Gasteiger partial charge in [0.05, 0.1) is 11.3 Å². The van der Waals surface area contributed by atoms with Gasteiger partial charge in [-0.15, -0.1) is 11.3 Å². The fourth-order valence-corrected chi connectivity index (χ4v) is 6.67. The second-order valence-electron chi connectivity index (χ2n) is 10.3. The number of carboxylic acids is 1. The second-order valence-corrected chi connectivity index (χ2v) is 11.5. The summed E-state index contributed by atoms with van der Waals surface area (Å²) in [6.07, 6.45) is 1.55. The molecule has 2 aliphatic rings. The van der Waals surface area contributed by atoms with Gasteiger partial charge in [0.1, 0.15) is 18.5 Å². The van der Waals surface area contributed by atoms with Crippen molar-refractivity contribution in [2.45, 2.75) is 65.4 Å². The van der Waals surface area contributed by atoms with Crippen LogP contribution in [0.5, 0.6) is 5.75 Å². The van der Waals surface area contributed by atoms with E-state index >= 15 is 0 Å². The van der Waals surface area contributed by atoms with Crippen molar-refractivity contribution in [2.24, 2.45) is 11.3 Å². The van der Waals surface area contributed by atoms with Crippen LogP contribution in [0, 0.1) is 25.2 Å². The molecule has 7 heteroatoms.